The molecule has 2 nitrogen and oxygen atoms in total. The molecule has 0 aromatic heterocycles. The fourth-order valence-electron chi connectivity index (χ4n) is 3.36. The number of rotatable bonds is 5. The first-order chi connectivity index (χ1) is 15.7. The van der Waals surface area contributed by atoms with E-state index in [0.29, 0.717) is 11.1 Å². The van der Waals surface area contributed by atoms with Crippen molar-refractivity contribution in [1.29, 1.82) is 10.5 Å². The number of nitrogens with zero attached hydrogens (tertiary/aromatic N) is 2. The maximum absolute atomic E-state index is 9.21. The second-order valence-corrected chi connectivity index (χ2v) is 7.34. The van der Waals surface area contributed by atoms with Crippen molar-refractivity contribution >= 4 is 24.3 Å². The van der Waals surface area contributed by atoms with Crippen molar-refractivity contribution in [3.63, 3.8) is 0 Å². The highest BCUT2D eigenvalue weighted by molar-refractivity contribution is 5.75. The van der Waals surface area contributed by atoms with Gasteiger partial charge in [-0.15, -0.1) is 0 Å². The van der Waals surface area contributed by atoms with E-state index < -0.39 is 0 Å². The fourth-order valence-corrected chi connectivity index (χ4v) is 3.36. The molecule has 0 radical (unpaired) electrons. The Morgan fingerprint density at radius 1 is 0.469 bits per heavy atom. The number of nitriles is 2. The molecule has 0 bridgehead atoms. The van der Waals surface area contributed by atoms with Gasteiger partial charge in [0, 0.05) is 0 Å². The van der Waals surface area contributed by atoms with Crippen LogP contribution in [0.15, 0.2) is 97.1 Å². The Morgan fingerprint density at radius 2 is 0.938 bits per heavy atom. The van der Waals surface area contributed by atoms with Gasteiger partial charge in [0.25, 0.3) is 0 Å². The Morgan fingerprint density at radius 3 is 1.44 bits per heavy atom. The highest BCUT2D eigenvalue weighted by Crippen LogP contribution is 2.22. The number of hydrogen-bond acceptors (Lipinski definition) is 2. The van der Waals surface area contributed by atoms with Crippen LogP contribution >= 0.6 is 0 Å². The molecule has 2 heteroatoms. The molecular weight excluding hydrogens is 388 g/mol. The van der Waals surface area contributed by atoms with Crippen molar-refractivity contribution in [3.05, 3.63) is 130 Å². The zero-order valence-electron chi connectivity index (χ0n) is 17.4. The minimum Gasteiger partial charge on any atom is -0.192 e. The summed E-state index contributed by atoms with van der Waals surface area (Å²) in [6.45, 7) is 0. The molecule has 4 aromatic carbocycles. The summed E-state index contributed by atoms with van der Waals surface area (Å²) in [5.41, 5.74) is 7.84. The molecule has 0 aliphatic heterocycles. The lowest BCUT2D eigenvalue weighted by Crippen LogP contribution is -1.81. The molecule has 0 saturated carbocycles. The molecule has 0 N–H and O–H groups in total. The smallest absolute Gasteiger partial charge is 0.0997 e. The predicted molar refractivity (Wildman–Crippen MR) is 132 cm³/mol. The van der Waals surface area contributed by atoms with Crippen LogP contribution in [0.5, 0.6) is 0 Å². The van der Waals surface area contributed by atoms with Crippen LogP contribution < -0.4 is 0 Å². The number of hydrogen-bond donors (Lipinski definition) is 0. The molecule has 0 amide bonds. The van der Waals surface area contributed by atoms with Crippen LogP contribution in [0, 0.1) is 22.7 Å². The van der Waals surface area contributed by atoms with Gasteiger partial charge in [0.15, 0.2) is 0 Å². The molecule has 0 aliphatic carbocycles. The van der Waals surface area contributed by atoms with Crippen molar-refractivity contribution in [1.82, 2.24) is 0 Å². The van der Waals surface area contributed by atoms with Crippen LogP contribution in [-0.2, 0) is 0 Å². The van der Waals surface area contributed by atoms with E-state index in [1.54, 1.807) is 0 Å². The lowest BCUT2D eigenvalue weighted by molar-refractivity contribution is 1.47. The molecule has 0 fully saturated rings. The molecule has 32 heavy (non-hydrogen) atoms. The Balaban J connectivity index is 1.44. The van der Waals surface area contributed by atoms with E-state index in [1.807, 2.05) is 66.8 Å². The molecule has 4 rings (SSSR count). The van der Waals surface area contributed by atoms with Crippen molar-refractivity contribution < 1.29 is 0 Å². The lowest BCUT2D eigenvalue weighted by Gasteiger charge is -2.04. The van der Waals surface area contributed by atoms with Gasteiger partial charge >= 0.3 is 0 Å². The maximum Gasteiger partial charge on any atom is 0.0997 e. The molecule has 0 atom stereocenters. The summed E-state index contributed by atoms with van der Waals surface area (Å²) >= 11 is 0. The normalized spacial score (nSPS) is 10.8. The second kappa shape index (κ2) is 9.90. The summed E-state index contributed by atoms with van der Waals surface area (Å²) in [5, 5.41) is 18.1. The minimum absolute atomic E-state index is 0.667. The van der Waals surface area contributed by atoms with Gasteiger partial charge < -0.3 is 0 Å². The van der Waals surface area contributed by atoms with Crippen molar-refractivity contribution in [2.45, 2.75) is 0 Å². The first kappa shape index (κ1) is 20.6. The molecular formula is C30H20N2. The first-order valence-electron chi connectivity index (χ1n) is 10.3. The van der Waals surface area contributed by atoms with Crippen molar-refractivity contribution in [3.8, 4) is 23.3 Å². The summed E-state index contributed by atoms with van der Waals surface area (Å²) in [7, 11) is 0. The third-order valence-electron chi connectivity index (χ3n) is 5.20. The molecule has 0 unspecified atom stereocenters. The van der Waals surface area contributed by atoms with Gasteiger partial charge in [-0.05, 0) is 51.6 Å². The third kappa shape index (κ3) is 5.08. The highest BCUT2D eigenvalue weighted by Gasteiger charge is 1.99. The summed E-state index contributed by atoms with van der Waals surface area (Å²) < 4.78 is 0. The maximum atomic E-state index is 9.21. The van der Waals surface area contributed by atoms with Crippen molar-refractivity contribution in [2.75, 3.05) is 0 Å². The summed E-state index contributed by atoms with van der Waals surface area (Å²) in [4.78, 5) is 0. The van der Waals surface area contributed by atoms with E-state index in [9.17, 15) is 5.26 Å². The van der Waals surface area contributed by atoms with Crippen LogP contribution in [0.4, 0.5) is 0 Å². The van der Waals surface area contributed by atoms with Crippen LogP contribution in [0.1, 0.15) is 33.4 Å². The van der Waals surface area contributed by atoms with E-state index in [0.717, 1.165) is 33.4 Å². The monoisotopic (exact) mass is 408 g/mol. The minimum atomic E-state index is 0.667. The van der Waals surface area contributed by atoms with Gasteiger partial charge in [-0.1, -0.05) is 103 Å². The molecule has 0 heterocycles. The SMILES string of the molecule is N#Cc1ccc(C=Cc2ccc(-c3ccc(C=Cc4ccccc4C#N)cc3)cc2)cc1. The summed E-state index contributed by atoms with van der Waals surface area (Å²) in [5.74, 6) is 0. The van der Waals surface area contributed by atoms with E-state index in [1.165, 1.54) is 0 Å². The van der Waals surface area contributed by atoms with Gasteiger partial charge in [-0.3, -0.25) is 0 Å². The van der Waals surface area contributed by atoms with Gasteiger partial charge in [0.05, 0.1) is 23.3 Å². The zero-order chi connectivity index (χ0) is 22.2. The van der Waals surface area contributed by atoms with Gasteiger partial charge in [-0.2, -0.15) is 10.5 Å². The molecule has 0 saturated heterocycles. The second-order valence-electron chi connectivity index (χ2n) is 7.34. The van der Waals surface area contributed by atoms with Crippen LogP contribution in [-0.4, -0.2) is 0 Å². The predicted octanol–water partition coefficient (Wildman–Crippen LogP) is 7.44. The third-order valence-corrected chi connectivity index (χ3v) is 5.20. The lowest BCUT2D eigenvalue weighted by atomic mass is 10.0. The Hall–Kier alpha value is -4.66. The largest absolute Gasteiger partial charge is 0.192 e. The van der Waals surface area contributed by atoms with Crippen LogP contribution in [0.25, 0.3) is 35.4 Å². The van der Waals surface area contributed by atoms with Gasteiger partial charge in [-0.25, -0.2) is 0 Å². The van der Waals surface area contributed by atoms with Gasteiger partial charge in [0.2, 0.25) is 0 Å². The molecule has 150 valence electrons. The van der Waals surface area contributed by atoms with E-state index in [-0.39, 0.29) is 0 Å². The standard InChI is InChI=1S/C30H20N2/c31-21-26-9-7-23(8-10-26)5-6-24-12-17-28(18-13-24)29-19-14-25(15-20-29)11-16-27-3-1-2-4-30(27)22-32/h1-20H. The summed E-state index contributed by atoms with van der Waals surface area (Å²) in [6, 6.07) is 36.3. The molecule has 0 spiro atoms. The average molecular weight is 409 g/mol. The first-order valence-corrected chi connectivity index (χ1v) is 10.3. The van der Waals surface area contributed by atoms with E-state index in [4.69, 9.17) is 5.26 Å². The number of benzene rings is 4. The highest BCUT2D eigenvalue weighted by atomic mass is 14.2. The van der Waals surface area contributed by atoms with E-state index in [2.05, 4.69) is 66.7 Å². The average Bonchev–Trinajstić information content (AvgIpc) is 2.87. The van der Waals surface area contributed by atoms with Crippen LogP contribution in [0.3, 0.4) is 0 Å². The summed E-state index contributed by atoms with van der Waals surface area (Å²) in [6.07, 6.45) is 8.11. The Bertz CT molecular complexity index is 1340. The van der Waals surface area contributed by atoms with Gasteiger partial charge in [0.1, 0.15) is 0 Å². The zero-order valence-corrected chi connectivity index (χ0v) is 17.4. The topological polar surface area (TPSA) is 47.6 Å². The van der Waals surface area contributed by atoms with E-state index >= 15 is 0 Å². The quantitative estimate of drug-likeness (QED) is 0.322. The Kier molecular flexibility index (Phi) is 6.37. The fraction of sp³-hybridized carbons (Fsp3) is 0. The van der Waals surface area contributed by atoms with Crippen LogP contribution in [0.2, 0.25) is 0 Å². The molecule has 0 aliphatic rings. The Labute approximate surface area is 188 Å². The molecule has 4 aromatic rings. The van der Waals surface area contributed by atoms with Crippen molar-refractivity contribution in [2.24, 2.45) is 0 Å².